The van der Waals surface area contributed by atoms with E-state index in [1.165, 1.54) is 23.7 Å². The summed E-state index contributed by atoms with van der Waals surface area (Å²) in [6, 6.07) is 12.0. The van der Waals surface area contributed by atoms with Gasteiger partial charge in [0.2, 0.25) is 0 Å². The van der Waals surface area contributed by atoms with E-state index in [0.29, 0.717) is 5.56 Å². The first-order valence-corrected chi connectivity index (χ1v) is 5.91. The molecule has 1 heterocycles. The van der Waals surface area contributed by atoms with Crippen LogP contribution in [0.15, 0.2) is 48.7 Å². The molecule has 0 saturated heterocycles. The lowest BCUT2D eigenvalue weighted by molar-refractivity contribution is 0.101. The number of carbonyl (C=O) groups is 1. The summed E-state index contributed by atoms with van der Waals surface area (Å²) in [6.45, 7) is 1.42. The molecular formula is C15H11FN2O. The lowest BCUT2D eigenvalue weighted by Gasteiger charge is -2.09. The molecule has 0 N–H and O–H groups in total. The third-order valence-electron chi connectivity index (χ3n) is 3.06. The molecule has 0 atom stereocenters. The lowest BCUT2D eigenvalue weighted by atomic mass is 10.1. The molecule has 3 rings (SSSR count). The number of carbonyl (C=O) groups excluding carboxylic acids is 1. The number of ketones is 1. The largest absolute Gasteiger partial charge is 0.294 e. The molecule has 0 aliphatic heterocycles. The maximum Gasteiger partial charge on any atom is 0.162 e. The maximum absolute atomic E-state index is 14.1. The predicted molar refractivity (Wildman–Crippen MR) is 71.0 cm³/mol. The Kier molecular flexibility index (Phi) is 2.63. The molecule has 4 heteroatoms. The molecule has 94 valence electrons. The number of halogens is 1. The van der Waals surface area contributed by atoms with Crippen molar-refractivity contribution < 1.29 is 9.18 Å². The Balaban J connectivity index is 2.36. The van der Waals surface area contributed by atoms with Crippen LogP contribution in [-0.2, 0) is 0 Å². The zero-order valence-corrected chi connectivity index (χ0v) is 10.3. The van der Waals surface area contributed by atoms with Gasteiger partial charge in [-0.3, -0.25) is 4.79 Å². The average molecular weight is 254 g/mol. The van der Waals surface area contributed by atoms with Gasteiger partial charge in [-0.2, -0.15) is 5.10 Å². The number of fused-ring (bicyclic) bond motifs is 1. The predicted octanol–water partition coefficient (Wildman–Crippen LogP) is 3.37. The minimum Gasteiger partial charge on any atom is -0.294 e. The number of Topliss-reactive ketones (excluding diaryl/α,β-unsaturated/α-hetero) is 1. The van der Waals surface area contributed by atoms with Gasteiger partial charge in [0.15, 0.2) is 5.78 Å². The highest BCUT2D eigenvalue weighted by Gasteiger charge is 2.16. The van der Waals surface area contributed by atoms with Gasteiger partial charge in [-0.15, -0.1) is 0 Å². The van der Waals surface area contributed by atoms with E-state index in [4.69, 9.17) is 0 Å². The van der Waals surface area contributed by atoms with Gasteiger partial charge in [-0.05, 0) is 25.1 Å². The second kappa shape index (κ2) is 4.31. The van der Waals surface area contributed by atoms with Gasteiger partial charge in [-0.25, -0.2) is 9.07 Å². The topological polar surface area (TPSA) is 34.9 Å². The van der Waals surface area contributed by atoms with E-state index < -0.39 is 5.82 Å². The summed E-state index contributed by atoms with van der Waals surface area (Å²) >= 11 is 0. The van der Waals surface area contributed by atoms with Crippen molar-refractivity contribution in [1.82, 2.24) is 9.78 Å². The third-order valence-corrected chi connectivity index (χ3v) is 3.06. The van der Waals surface area contributed by atoms with E-state index in [2.05, 4.69) is 5.10 Å². The Morgan fingerprint density at radius 3 is 2.74 bits per heavy atom. The van der Waals surface area contributed by atoms with Crippen LogP contribution in [0.2, 0.25) is 0 Å². The molecule has 2 aromatic carbocycles. The van der Waals surface area contributed by atoms with Gasteiger partial charge in [0, 0.05) is 10.9 Å². The lowest BCUT2D eigenvalue weighted by Crippen LogP contribution is -2.07. The minimum absolute atomic E-state index is 0.186. The summed E-state index contributed by atoms with van der Waals surface area (Å²) in [5.74, 6) is -0.643. The van der Waals surface area contributed by atoms with Gasteiger partial charge < -0.3 is 0 Å². The second-order valence-electron chi connectivity index (χ2n) is 4.31. The zero-order chi connectivity index (χ0) is 13.4. The van der Waals surface area contributed by atoms with Crippen LogP contribution in [0.5, 0.6) is 0 Å². The fourth-order valence-corrected chi connectivity index (χ4v) is 2.16. The first kappa shape index (κ1) is 11.6. The van der Waals surface area contributed by atoms with Crippen molar-refractivity contribution in [2.75, 3.05) is 0 Å². The highest BCUT2D eigenvalue weighted by Crippen LogP contribution is 2.23. The molecule has 0 bridgehead atoms. The highest BCUT2D eigenvalue weighted by atomic mass is 19.1. The standard InChI is InChI=1S/C15H11FN2O/c1-10(19)12-6-4-7-13(16)15(12)18-14-8-3-2-5-11(14)9-17-18/h2-9H,1H3. The van der Waals surface area contributed by atoms with Gasteiger partial charge >= 0.3 is 0 Å². The van der Waals surface area contributed by atoms with Crippen LogP contribution in [-0.4, -0.2) is 15.6 Å². The minimum atomic E-state index is -0.457. The molecule has 0 saturated carbocycles. The van der Waals surface area contributed by atoms with Crippen molar-refractivity contribution in [2.24, 2.45) is 0 Å². The molecular weight excluding hydrogens is 243 g/mol. The van der Waals surface area contributed by atoms with Crippen LogP contribution >= 0.6 is 0 Å². The fraction of sp³-hybridized carbons (Fsp3) is 0.0667. The van der Waals surface area contributed by atoms with Crippen LogP contribution in [0.25, 0.3) is 16.6 Å². The molecule has 0 radical (unpaired) electrons. The number of aromatic nitrogens is 2. The number of nitrogens with zero attached hydrogens (tertiary/aromatic N) is 2. The van der Waals surface area contributed by atoms with Gasteiger partial charge in [0.25, 0.3) is 0 Å². The maximum atomic E-state index is 14.1. The van der Waals surface area contributed by atoms with Crippen LogP contribution in [0, 0.1) is 5.82 Å². The van der Waals surface area contributed by atoms with Crippen molar-refractivity contribution in [3.05, 3.63) is 60.0 Å². The Labute approximate surface area is 109 Å². The first-order chi connectivity index (χ1) is 9.18. The number of benzene rings is 2. The second-order valence-corrected chi connectivity index (χ2v) is 4.31. The molecule has 0 amide bonds. The molecule has 0 unspecified atom stereocenters. The third kappa shape index (κ3) is 1.81. The summed E-state index contributed by atoms with van der Waals surface area (Å²) in [6.07, 6.45) is 1.66. The van der Waals surface area contributed by atoms with E-state index >= 15 is 0 Å². The number of rotatable bonds is 2. The number of hydrogen-bond acceptors (Lipinski definition) is 2. The average Bonchev–Trinajstić information content (AvgIpc) is 2.82. The van der Waals surface area contributed by atoms with E-state index in [0.717, 1.165) is 10.9 Å². The molecule has 3 aromatic rings. The molecule has 0 aliphatic carbocycles. The molecule has 0 aliphatic rings. The van der Waals surface area contributed by atoms with Gasteiger partial charge in [0.05, 0.1) is 11.7 Å². The van der Waals surface area contributed by atoms with E-state index in [9.17, 15) is 9.18 Å². The van der Waals surface area contributed by atoms with Crippen LogP contribution < -0.4 is 0 Å². The Hall–Kier alpha value is -2.49. The van der Waals surface area contributed by atoms with Gasteiger partial charge in [0.1, 0.15) is 11.5 Å². The summed E-state index contributed by atoms with van der Waals surface area (Å²) in [7, 11) is 0. The highest BCUT2D eigenvalue weighted by molar-refractivity contribution is 5.98. The zero-order valence-electron chi connectivity index (χ0n) is 10.3. The summed E-state index contributed by atoms with van der Waals surface area (Å²) < 4.78 is 15.6. The summed E-state index contributed by atoms with van der Waals surface area (Å²) in [5, 5.41) is 5.10. The molecule has 19 heavy (non-hydrogen) atoms. The van der Waals surface area contributed by atoms with Crippen LogP contribution in [0.1, 0.15) is 17.3 Å². The Bertz CT molecular complexity index is 777. The summed E-state index contributed by atoms with van der Waals surface area (Å²) in [4.78, 5) is 11.6. The van der Waals surface area contributed by atoms with Crippen molar-refractivity contribution >= 4 is 16.7 Å². The monoisotopic (exact) mass is 254 g/mol. The summed E-state index contributed by atoms with van der Waals surface area (Å²) in [5.41, 5.74) is 1.31. The smallest absolute Gasteiger partial charge is 0.162 e. The fourth-order valence-electron chi connectivity index (χ4n) is 2.16. The van der Waals surface area contributed by atoms with Crippen LogP contribution in [0.3, 0.4) is 0 Å². The van der Waals surface area contributed by atoms with Gasteiger partial charge in [-0.1, -0.05) is 24.3 Å². The van der Waals surface area contributed by atoms with Crippen molar-refractivity contribution in [1.29, 1.82) is 0 Å². The normalized spacial score (nSPS) is 10.8. The SMILES string of the molecule is CC(=O)c1cccc(F)c1-n1ncc2ccccc21. The Morgan fingerprint density at radius 2 is 1.95 bits per heavy atom. The van der Waals surface area contributed by atoms with Crippen LogP contribution in [0.4, 0.5) is 4.39 Å². The molecule has 1 aromatic heterocycles. The quantitative estimate of drug-likeness (QED) is 0.657. The van der Waals surface area contributed by atoms with Crippen molar-refractivity contribution in [3.63, 3.8) is 0 Å². The van der Waals surface area contributed by atoms with Crippen molar-refractivity contribution in [2.45, 2.75) is 6.92 Å². The van der Waals surface area contributed by atoms with E-state index in [1.54, 1.807) is 12.3 Å². The van der Waals surface area contributed by atoms with Crippen molar-refractivity contribution in [3.8, 4) is 5.69 Å². The van der Waals surface area contributed by atoms with E-state index in [-0.39, 0.29) is 11.5 Å². The number of para-hydroxylation sites is 2. The molecule has 0 spiro atoms. The van der Waals surface area contributed by atoms with E-state index in [1.807, 2.05) is 24.3 Å². The first-order valence-electron chi connectivity index (χ1n) is 5.91. The molecule has 0 fully saturated rings. The molecule has 3 nitrogen and oxygen atoms in total. The Morgan fingerprint density at radius 1 is 1.16 bits per heavy atom. The number of hydrogen-bond donors (Lipinski definition) is 0.